The number of rotatable bonds is 18. The zero-order chi connectivity index (χ0) is 40.4. The number of aliphatic hydroxyl groups excluding tert-OH is 2. The van der Waals surface area contributed by atoms with Crippen LogP contribution in [0.3, 0.4) is 0 Å². The van der Waals surface area contributed by atoms with Gasteiger partial charge in [0.25, 0.3) is 0 Å². The average molecular weight is 793 g/mol. The van der Waals surface area contributed by atoms with E-state index >= 15 is 0 Å². The van der Waals surface area contributed by atoms with E-state index in [1.165, 1.54) is 56.9 Å². The second kappa shape index (κ2) is 17.8. The van der Waals surface area contributed by atoms with Crippen LogP contribution >= 0.6 is 0 Å². The van der Waals surface area contributed by atoms with Gasteiger partial charge in [0, 0.05) is 0 Å². The van der Waals surface area contributed by atoms with Crippen LogP contribution in [-0.2, 0) is 13.3 Å². The van der Waals surface area contributed by atoms with Gasteiger partial charge in [-0.15, -0.1) is 0 Å². The highest BCUT2D eigenvalue weighted by atomic mass is 28.4. The summed E-state index contributed by atoms with van der Waals surface area (Å²) in [5, 5.41) is 20.8. The van der Waals surface area contributed by atoms with E-state index in [0.717, 1.165) is 12.8 Å². The molecule has 3 fully saturated rings. The molecule has 0 aromatic carbocycles. The van der Waals surface area contributed by atoms with E-state index in [4.69, 9.17) is 13.3 Å². The molecule has 0 heterocycles. The molecule has 53 heavy (non-hydrogen) atoms. The molecule has 0 unspecified atom stereocenters. The molecular formula is C45H88O5Si3. The summed E-state index contributed by atoms with van der Waals surface area (Å²) in [6, 6.07) is 0. The van der Waals surface area contributed by atoms with Crippen LogP contribution < -0.4 is 0 Å². The Morgan fingerprint density at radius 2 is 1.40 bits per heavy atom. The third-order valence-corrected chi connectivity index (χ3v) is 21.1. The van der Waals surface area contributed by atoms with Gasteiger partial charge in [-0.1, -0.05) is 70.8 Å². The van der Waals surface area contributed by atoms with Gasteiger partial charge in [0.05, 0.1) is 29.5 Å². The molecule has 0 amide bonds. The maximum absolute atomic E-state index is 10.3. The quantitative estimate of drug-likeness (QED) is 0.135. The fourth-order valence-corrected chi connectivity index (χ4v) is 17.0. The van der Waals surface area contributed by atoms with Crippen molar-refractivity contribution in [3.8, 4) is 0 Å². The van der Waals surface area contributed by atoms with E-state index in [-0.39, 0.29) is 27.8 Å². The Balaban J connectivity index is 1.95. The standard InChI is InChI=1S/C45H88O5Si3/c1-33(2)44(7,8)53(16,17)48-41(43(5,6)50-52(13,14)15)27-24-36(20-18-28-42(3,4)49-51(10,11)12)40-26-25-39-35(21-19-29-45(39,40)9)23-22-34-30-37(46)32-38(47)31-34/h22-23,33,36-41,46-47H,18-21,24-32H2,1-17H3/b35-23+/t36-,37+,38+,39-,40+,41+,45-/m0/s1. The van der Waals surface area contributed by atoms with Gasteiger partial charge in [-0.25, -0.2) is 0 Å². The van der Waals surface area contributed by atoms with Crippen LogP contribution in [0.25, 0.3) is 0 Å². The molecule has 0 aromatic rings. The normalized spacial score (nSPS) is 28.8. The molecule has 7 atom stereocenters. The van der Waals surface area contributed by atoms with Gasteiger partial charge >= 0.3 is 0 Å². The molecule has 2 N–H and O–H groups in total. The molecule has 3 rings (SSSR count). The fourth-order valence-electron chi connectivity index (χ4n) is 10.8. The van der Waals surface area contributed by atoms with Crippen molar-refractivity contribution in [1.82, 2.24) is 0 Å². The van der Waals surface area contributed by atoms with Crippen molar-refractivity contribution < 1.29 is 23.5 Å². The first-order valence-electron chi connectivity index (χ1n) is 21.8. The highest BCUT2D eigenvalue weighted by Gasteiger charge is 2.52. The molecular weight excluding hydrogens is 705 g/mol. The van der Waals surface area contributed by atoms with Crippen molar-refractivity contribution in [1.29, 1.82) is 0 Å². The maximum Gasteiger partial charge on any atom is 0.193 e. The van der Waals surface area contributed by atoms with E-state index in [1.54, 1.807) is 5.57 Å². The Hall–Kier alpha value is -0.0694. The van der Waals surface area contributed by atoms with Crippen LogP contribution in [0.2, 0.25) is 57.4 Å². The first-order valence-corrected chi connectivity index (χ1v) is 31.5. The second-order valence-corrected chi connectivity index (χ2v) is 36.0. The SMILES string of the molecule is CC(C)C(C)(C)[Si](C)(C)O[C@H](CC[C@H](CCCC(C)(C)O[Si](C)(C)C)[C@H]1CC[C@H]2/C(=C/C=C3C[C@@H](O)C[C@H](O)C3)CCC[C@]12C)C(C)(C)O[Si](C)(C)C. The van der Waals surface area contributed by atoms with Gasteiger partial charge in [0.15, 0.2) is 25.0 Å². The Labute approximate surface area is 332 Å². The molecule has 0 bridgehead atoms. The first kappa shape index (κ1) is 47.3. The van der Waals surface area contributed by atoms with Crippen molar-refractivity contribution in [3.05, 3.63) is 23.3 Å². The molecule has 3 aliphatic carbocycles. The zero-order valence-electron chi connectivity index (χ0n) is 38.0. The number of hydrogen-bond acceptors (Lipinski definition) is 5. The van der Waals surface area contributed by atoms with Crippen molar-refractivity contribution in [2.24, 2.45) is 29.1 Å². The summed E-state index contributed by atoms with van der Waals surface area (Å²) in [7, 11) is -5.60. The lowest BCUT2D eigenvalue weighted by Crippen LogP contribution is -2.55. The van der Waals surface area contributed by atoms with E-state index in [2.05, 4.69) is 127 Å². The minimum absolute atomic E-state index is 0.0581. The highest BCUT2D eigenvalue weighted by molar-refractivity contribution is 6.74. The molecule has 0 aromatic heterocycles. The minimum Gasteiger partial charge on any atom is -0.413 e. The summed E-state index contributed by atoms with van der Waals surface area (Å²) in [5.74, 6) is 2.48. The van der Waals surface area contributed by atoms with Gasteiger partial charge < -0.3 is 23.5 Å². The highest BCUT2D eigenvalue weighted by Crippen LogP contribution is 2.61. The van der Waals surface area contributed by atoms with Gasteiger partial charge in [0.1, 0.15) is 0 Å². The monoisotopic (exact) mass is 793 g/mol. The molecule has 0 aliphatic heterocycles. The zero-order valence-corrected chi connectivity index (χ0v) is 41.0. The van der Waals surface area contributed by atoms with Crippen LogP contribution in [0.4, 0.5) is 0 Å². The molecule has 8 heteroatoms. The molecule has 0 spiro atoms. The summed E-state index contributed by atoms with van der Waals surface area (Å²) in [6.45, 7) is 40.3. The van der Waals surface area contributed by atoms with Crippen LogP contribution in [0.1, 0.15) is 146 Å². The van der Waals surface area contributed by atoms with Gasteiger partial charge in [-0.2, -0.15) is 0 Å². The number of hydrogen-bond donors (Lipinski definition) is 2. The Morgan fingerprint density at radius 1 is 0.811 bits per heavy atom. The van der Waals surface area contributed by atoms with Crippen molar-refractivity contribution in [3.63, 3.8) is 0 Å². The molecule has 3 saturated carbocycles. The largest absolute Gasteiger partial charge is 0.413 e. The lowest BCUT2D eigenvalue weighted by atomic mass is 9.60. The van der Waals surface area contributed by atoms with E-state index in [9.17, 15) is 10.2 Å². The summed E-state index contributed by atoms with van der Waals surface area (Å²) >= 11 is 0. The van der Waals surface area contributed by atoms with Crippen LogP contribution in [0, 0.1) is 29.1 Å². The lowest BCUT2D eigenvalue weighted by Gasteiger charge is -2.49. The summed E-state index contributed by atoms with van der Waals surface area (Å²) in [5.41, 5.74) is 2.66. The smallest absolute Gasteiger partial charge is 0.193 e. The third-order valence-electron chi connectivity index (χ3n) is 14.2. The molecule has 0 saturated heterocycles. The topological polar surface area (TPSA) is 68.2 Å². The summed E-state index contributed by atoms with van der Waals surface area (Å²) in [4.78, 5) is 0. The van der Waals surface area contributed by atoms with Crippen LogP contribution in [0.5, 0.6) is 0 Å². The summed E-state index contributed by atoms with van der Waals surface area (Å²) in [6.07, 6.45) is 17.9. The fraction of sp³-hybridized carbons (Fsp3) is 0.911. The molecule has 3 aliphatic rings. The Bertz CT molecular complexity index is 1230. The van der Waals surface area contributed by atoms with E-state index in [1.807, 2.05) is 0 Å². The van der Waals surface area contributed by atoms with E-state index < -0.39 is 37.2 Å². The van der Waals surface area contributed by atoms with Crippen LogP contribution in [-0.4, -0.2) is 64.7 Å². The molecule has 0 radical (unpaired) electrons. The van der Waals surface area contributed by atoms with Gasteiger partial charge in [-0.05, 0) is 185 Å². The second-order valence-electron chi connectivity index (χ2n) is 22.6. The van der Waals surface area contributed by atoms with Crippen molar-refractivity contribution >= 4 is 25.0 Å². The Morgan fingerprint density at radius 3 is 1.94 bits per heavy atom. The minimum atomic E-state index is -2.12. The first-order chi connectivity index (χ1) is 24.0. The molecule has 5 nitrogen and oxygen atoms in total. The van der Waals surface area contributed by atoms with E-state index in [0.29, 0.717) is 42.9 Å². The van der Waals surface area contributed by atoms with Crippen LogP contribution in [0.15, 0.2) is 23.3 Å². The number of fused-ring (bicyclic) bond motifs is 1. The predicted molar refractivity (Wildman–Crippen MR) is 235 cm³/mol. The lowest BCUT2D eigenvalue weighted by molar-refractivity contribution is -0.0373. The third kappa shape index (κ3) is 13.2. The van der Waals surface area contributed by atoms with Crippen molar-refractivity contribution in [2.75, 3.05) is 0 Å². The van der Waals surface area contributed by atoms with Crippen molar-refractivity contribution in [2.45, 2.75) is 233 Å². The Kier molecular flexibility index (Phi) is 15.9. The number of aliphatic hydroxyl groups is 2. The molecule has 310 valence electrons. The maximum atomic E-state index is 10.3. The summed E-state index contributed by atoms with van der Waals surface area (Å²) < 4.78 is 21.3. The number of allylic oxidation sites excluding steroid dienone is 3. The average Bonchev–Trinajstić information content (AvgIpc) is 3.31. The van der Waals surface area contributed by atoms with Gasteiger partial charge in [0.2, 0.25) is 0 Å². The van der Waals surface area contributed by atoms with Gasteiger partial charge in [-0.3, -0.25) is 0 Å². The predicted octanol–water partition coefficient (Wildman–Crippen LogP) is 12.8.